The van der Waals surface area contributed by atoms with Gasteiger partial charge in [-0.15, -0.1) is 0 Å². The summed E-state index contributed by atoms with van der Waals surface area (Å²) in [6.07, 6.45) is 0.463. The van der Waals surface area contributed by atoms with Crippen molar-refractivity contribution in [3.63, 3.8) is 0 Å². The van der Waals surface area contributed by atoms with Gasteiger partial charge in [0, 0.05) is 17.5 Å². The fraction of sp³-hybridized carbons (Fsp3) is 0.179. The summed E-state index contributed by atoms with van der Waals surface area (Å²) in [5.74, 6) is 2.26. The average Bonchev–Trinajstić information content (AvgIpc) is 3.33. The summed E-state index contributed by atoms with van der Waals surface area (Å²) >= 11 is 0. The highest BCUT2D eigenvalue weighted by Gasteiger charge is 2.41. The van der Waals surface area contributed by atoms with E-state index >= 15 is 0 Å². The summed E-state index contributed by atoms with van der Waals surface area (Å²) in [5, 5.41) is 9.64. The largest absolute Gasteiger partial charge is 0.493 e. The van der Waals surface area contributed by atoms with Gasteiger partial charge in [0.15, 0.2) is 11.5 Å². The maximum Gasteiger partial charge on any atom is 0.214 e. The van der Waals surface area contributed by atoms with Crippen LogP contribution >= 0.6 is 0 Å². The zero-order valence-electron chi connectivity index (χ0n) is 18.6. The normalized spacial score (nSPS) is 18.8. The lowest BCUT2D eigenvalue weighted by Gasteiger charge is -2.38. The van der Waals surface area contributed by atoms with Gasteiger partial charge in [0.25, 0.3) is 0 Å². The van der Waals surface area contributed by atoms with E-state index in [4.69, 9.17) is 19.3 Å². The van der Waals surface area contributed by atoms with Crippen LogP contribution in [-0.2, 0) is 0 Å². The minimum Gasteiger partial charge on any atom is -0.493 e. The molecular weight excluding hydrogens is 412 g/mol. The Morgan fingerprint density at radius 1 is 0.818 bits per heavy atom. The molecule has 164 valence electrons. The Kier molecular flexibility index (Phi) is 4.68. The number of hydrogen-bond donors (Lipinski definition) is 0. The second-order valence-corrected chi connectivity index (χ2v) is 8.33. The number of hydrogen-bond acceptors (Lipinski definition) is 5. The lowest BCUT2D eigenvalue weighted by molar-refractivity contribution is -0.0191. The minimum absolute atomic E-state index is 0.106. The van der Waals surface area contributed by atoms with E-state index in [-0.39, 0.29) is 12.3 Å². The second-order valence-electron chi connectivity index (χ2n) is 8.33. The standard InChI is InChI=1S/C28H24N2O3/c1-31-26-14-13-21(16-27(26)32-2)28-30-24(22-9-5-6-10-25(22)33-28)17-23(29-30)20-12-11-18-7-3-4-8-19(18)15-20/h3-16,24,28H,17H2,1-2H3/t24-,28+/m1/s1. The van der Waals surface area contributed by atoms with E-state index in [1.165, 1.54) is 10.8 Å². The molecule has 0 aromatic heterocycles. The molecule has 4 aromatic rings. The van der Waals surface area contributed by atoms with Crippen LogP contribution in [0.15, 0.2) is 90.0 Å². The van der Waals surface area contributed by atoms with Gasteiger partial charge < -0.3 is 14.2 Å². The molecule has 0 amide bonds. The van der Waals surface area contributed by atoms with Gasteiger partial charge in [-0.1, -0.05) is 54.6 Å². The molecule has 2 atom stereocenters. The minimum atomic E-state index is -0.359. The molecule has 0 radical (unpaired) electrons. The maximum absolute atomic E-state index is 6.48. The topological polar surface area (TPSA) is 43.3 Å². The van der Waals surface area contributed by atoms with Gasteiger partial charge >= 0.3 is 0 Å². The number of para-hydroxylation sites is 1. The lowest BCUT2D eigenvalue weighted by Crippen LogP contribution is -2.33. The maximum atomic E-state index is 6.48. The molecule has 2 aliphatic heterocycles. The highest BCUT2D eigenvalue weighted by molar-refractivity contribution is 6.04. The van der Waals surface area contributed by atoms with Crippen molar-refractivity contribution in [1.82, 2.24) is 5.01 Å². The number of ether oxygens (including phenoxy) is 3. The van der Waals surface area contributed by atoms with Crippen LogP contribution in [0.1, 0.15) is 35.4 Å². The van der Waals surface area contributed by atoms with Gasteiger partial charge in [0.05, 0.1) is 26.0 Å². The Labute approximate surface area is 192 Å². The van der Waals surface area contributed by atoms with Crippen LogP contribution in [0.3, 0.4) is 0 Å². The number of nitrogens with zero attached hydrogens (tertiary/aromatic N) is 2. The SMILES string of the molecule is COc1ccc([C@@H]2Oc3ccccc3[C@H]3CC(c4ccc5ccccc5c4)=NN32)cc1OC. The Morgan fingerprint density at radius 2 is 1.61 bits per heavy atom. The molecule has 5 nitrogen and oxygen atoms in total. The third kappa shape index (κ3) is 3.28. The Hall–Kier alpha value is -3.99. The van der Waals surface area contributed by atoms with Crippen LogP contribution in [0.25, 0.3) is 10.8 Å². The molecule has 2 aliphatic rings. The van der Waals surface area contributed by atoms with Crippen LogP contribution < -0.4 is 14.2 Å². The van der Waals surface area contributed by atoms with Gasteiger partial charge in [-0.05, 0) is 46.7 Å². The summed E-state index contributed by atoms with van der Waals surface area (Å²) in [5.41, 5.74) is 4.34. The fourth-order valence-electron chi connectivity index (χ4n) is 4.80. The van der Waals surface area contributed by atoms with Gasteiger partial charge in [-0.25, -0.2) is 5.01 Å². The van der Waals surface area contributed by atoms with Crippen molar-refractivity contribution in [1.29, 1.82) is 0 Å². The zero-order valence-corrected chi connectivity index (χ0v) is 18.6. The van der Waals surface area contributed by atoms with Gasteiger partial charge in [0.2, 0.25) is 6.23 Å². The number of fused-ring (bicyclic) bond motifs is 4. The van der Waals surface area contributed by atoms with Crippen molar-refractivity contribution in [3.8, 4) is 17.2 Å². The van der Waals surface area contributed by atoms with E-state index in [9.17, 15) is 0 Å². The van der Waals surface area contributed by atoms with Crippen molar-refractivity contribution in [2.75, 3.05) is 14.2 Å². The smallest absolute Gasteiger partial charge is 0.214 e. The molecule has 5 heteroatoms. The van der Waals surface area contributed by atoms with Crippen molar-refractivity contribution in [2.45, 2.75) is 18.7 Å². The molecule has 0 saturated heterocycles. The Bertz CT molecular complexity index is 1380. The molecule has 6 rings (SSSR count). The summed E-state index contributed by atoms with van der Waals surface area (Å²) in [7, 11) is 3.29. The van der Waals surface area contributed by atoms with Crippen molar-refractivity contribution >= 4 is 16.5 Å². The molecule has 0 spiro atoms. The number of rotatable bonds is 4. The monoisotopic (exact) mass is 436 g/mol. The van der Waals surface area contributed by atoms with E-state index in [1.54, 1.807) is 14.2 Å². The number of hydrazone groups is 1. The van der Waals surface area contributed by atoms with Crippen molar-refractivity contribution < 1.29 is 14.2 Å². The van der Waals surface area contributed by atoms with Crippen LogP contribution in [-0.4, -0.2) is 24.9 Å². The first-order valence-corrected chi connectivity index (χ1v) is 11.1. The van der Waals surface area contributed by atoms with E-state index in [1.807, 2.05) is 30.3 Å². The zero-order chi connectivity index (χ0) is 22.4. The molecule has 4 aromatic carbocycles. The van der Waals surface area contributed by atoms with Gasteiger partial charge in [-0.3, -0.25) is 0 Å². The summed E-state index contributed by atoms with van der Waals surface area (Å²) < 4.78 is 17.5. The third-order valence-electron chi connectivity index (χ3n) is 6.47. The first kappa shape index (κ1) is 19.7. The fourth-order valence-corrected chi connectivity index (χ4v) is 4.80. The van der Waals surface area contributed by atoms with Crippen molar-refractivity contribution in [3.05, 3.63) is 102 Å². The lowest BCUT2D eigenvalue weighted by atomic mass is 9.95. The van der Waals surface area contributed by atoms with Crippen LogP contribution in [0, 0.1) is 0 Å². The Morgan fingerprint density at radius 3 is 2.45 bits per heavy atom. The summed E-state index contributed by atoms with van der Waals surface area (Å²) in [6, 6.07) is 29.2. The molecule has 0 bridgehead atoms. The third-order valence-corrected chi connectivity index (χ3v) is 6.47. The highest BCUT2D eigenvalue weighted by Crippen LogP contribution is 2.48. The van der Waals surface area contributed by atoms with E-state index in [0.717, 1.165) is 34.6 Å². The number of methoxy groups -OCH3 is 2. The second kappa shape index (κ2) is 7.85. The average molecular weight is 437 g/mol. The molecule has 0 aliphatic carbocycles. The van der Waals surface area contributed by atoms with E-state index in [2.05, 4.69) is 59.6 Å². The molecular formula is C28H24N2O3. The van der Waals surface area contributed by atoms with Crippen LogP contribution in [0.5, 0.6) is 17.2 Å². The Balaban J connectivity index is 1.44. The van der Waals surface area contributed by atoms with Crippen LogP contribution in [0.2, 0.25) is 0 Å². The number of benzene rings is 4. The predicted octanol–water partition coefficient (Wildman–Crippen LogP) is 6.10. The van der Waals surface area contributed by atoms with E-state index in [0.29, 0.717) is 11.5 Å². The van der Waals surface area contributed by atoms with Gasteiger partial charge in [-0.2, -0.15) is 5.10 Å². The molecule has 33 heavy (non-hydrogen) atoms. The summed E-state index contributed by atoms with van der Waals surface area (Å²) in [4.78, 5) is 0. The molecule has 0 unspecified atom stereocenters. The summed E-state index contributed by atoms with van der Waals surface area (Å²) in [6.45, 7) is 0. The highest BCUT2D eigenvalue weighted by atomic mass is 16.5. The quantitative estimate of drug-likeness (QED) is 0.388. The molecule has 0 N–H and O–H groups in total. The molecule has 2 heterocycles. The first-order valence-electron chi connectivity index (χ1n) is 11.1. The first-order chi connectivity index (χ1) is 16.2. The molecule has 0 fully saturated rings. The van der Waals surface area contributed by atoms with Gasteiger partial charge in [0.1, 0.15) is 5.75 Å². The molecule has 0 saturated carbocycles. The van der Waals surface area contributed by atoms with E-state index < -0.39 is 0 Å². The van der Waals surface area contributed by atoms with Crippen LogP contribution in [0.4, 0.5) is 0 Å². The predicted molar refractivity (Wildman–Crippen MR) is 129 cm³/mol. The van der Waals surface area contributed by atoms with Crippen molar-refractivity contribution in [2.24, 2.45) is 5.10 Å².